The van der Waals surface area contributed by atoms with Crippen molar-refractivity contribution in [3.05, 3.63) is 64.7 Å². The highest BCUT2D eigenvalue weighted by Gasteiger charge is 2.42. The first-order valence-corrected chi connectivity index (χ1v) is 9.72. The molecule has 0 bridgehead atoms. The maximum Gasteiger partial charge on any atom is 0.251 e. The zero-order chi connectivity index (χ0) is 18.1. The Morgan fingerprint density at radius 3 is 2.58 bits per heavy atom. The van der Waals surface area contributed by atoms with Gasteiger partial charge in [0.2, 0.25) is 0 Å². The molecule has 0 saturated heterocycles. The van der Waals surface area contributed by atoms with Crippen molar-refractivity contribution in [3.8, 4) is 5.75 Å². The van der Waals surface area contributed by atoms with Crippen LogP contribution in [0.4, 0.5) is 0 Å². The van der Waals surface area contributed by atoms with E-state index in [1.165, 1.54) is 24.8 Å². The Hall–Kier alpha value is -2.29. The lowest BCUT2D eigenvalue weighted by Gasteiger charge is -2.44. The average molecular weight is 349 g/mol. The highest BCUT2D eigenvalue weighted by atomic mass is 16.5. The third-order valence-electron chi connectivity index (χ3n) is 6.04. The van der Waals surface area contributed by atoms with Crippen molar-refractivity contribution in [2.45, 2.75) is 64.0 Å². The Labute approximate surface area is 155 Å². The Morgan fingerprint density at radius 2 is 1.81 bits per heavy atom. The molecule has 0 radical (unpaired) electrons. The third kappa shape index (κ3) is 3.23. The first-order chi connectivity index (χ1) is 12.6. The minimum absolute atomic E-state index is 0.000706. The molecule has 1 fully saturated rings. The number of para-hydroxylation sites is 1. The lowest BCUT2D eigenvalue weighted by Crippen LogP contribution is -2.46. The van der Waals surface area contributed by atoms with Gasteiger partial charge in [-0.15, -0.1) is 0 Å². The number of nitrogens with one attached hydrogen (secondary N) is 1. The molecular weight excluding hydrogens is 322 g/mol. The largest absolute Gasteiger partial charge is 0.487 e. The molecule has 1 aliphatic heterocycles. The Balaban J connectivity index is 1.61. The highest BCUT2D eigenvalue weighted by molar-refractivity contribution is 5.94. The molecule has 0 aromatic heterocycles. The van der Waals surface area contributed by atoms with Crippen LogP contribution in [0.5, 0.6) is 5.75 Å². The van der Waals surface area contributed by atoms with Crippen LogP contribution >= 0.6 is 0 Å². The molecular formula is C23H27NO2. The van der Waals surface area contributed by atoms with Crippen molar-refractivity contribution in [3.63, 3.8) is 0 Å². The fraction of sp³-hybridized carbons (Fsp3) is 0.435. The standard InChI is InChI=1S/C23H27NO2/c1-16-10-11-18(14-17(16)2)22(25)24-20-15-23(12-6-3-7-13-23)26-21-9-5-4-8-19(20)21/h4-5,8-11,14,20H,3,6-7,12-13,15H2,1-2H3,(H,24,25). The summed E-state index contributed by atoms with van der Waals surface area (Å²) in [4.78, 5) is 12.9. The van der Waals surface area contributed by atoms with Crippen molar-refractivity contribution in [2.24, 2.45) is 0 Å². The van der Waals surface area contributed by atoms with Gasteiger partial charge in [0, 0.05) is 17.5 Å². The summed E-state index contributed by atoms with van der Waals surface area (Å²) in [6.07, 6.45) is 6.72. The first-order valence-electron chi connectivity index (χ1n) is 9.72. The summed E-state index contributed by atoms with van der Waals surface area (Å²) in [7, 11) is 0. The number of aryl methyl sites for hydroxylation is 2. The molecule has 1 saturated carbocycles. The summed E-state index contributed by atoms with van der Waals surface area (Å²) in [5, 5.41) is 3.29. The van der Waals surface area contributed by atoms with Crippen LogP contribution in [0.3, 0.4) is 0 Å². The average Bonchev–Trinajstić information content (AvgIpc) is 2.64. The van der Waals surface area contributed by atoms with E-state index >= 15 is 0 Å². The van der Waals surface area contributed by atoms with E-state index in [2.05, 4.69) is 18.3 Å². The van der Waals surface area contributed by atoms with E-state index < -0.39 is 0 Å². The number of ether oxygens (including phenoxy) is 1. The van der Waals surface area contributed by atoms with Crippen molar-refractivity contribution in [1.82, 2.24) is 5.32 Å². The highest BCUT2D eigenvalue weighted by Crippen LogP contribution is 2.46. The smallest absolute Gasteiger partial charge is 0.251 e. The van der Waals surface area contributed by atoms with E-state index in [1.807, 2.05) is 43.3 Å². The molecule has 1 spiro atoms. The topological polar surface area (TPSA) is 38.3 Å². The molecule has 26 heavy (non-hydrogen) atoms. The number of hydrogen-bond donors (Lipinski definition) is 1. The van der Waals surface area contributed by atoms with Crippen LogP contribution in [0.15, 0.2) is 42.5 Å². The fourth-order valence-electron chi connectivity index (χ4n) is 4.37. The minimum Gasteiger partial charge on any atom is -0.487 e. The van der Waals surface area contributed by atoms with E-state index in [0.29, 0.717) is 0 Å². The van der Waals surface area contributed by atoms with Gasteiger partial charge < -0.3 is 10.1 Å². The number of rotatable bonds is 2. The fourth-order valence-corrected chi connectivity index (χ4v) is 4.37. The van der Waals surface area contributed by atoms with Gasteiger partial charge in [0.1, 0.15) is 11.4 Å². The second-order valence-electron chi connectivity index (χ2n) is 7.91. The Morgan fingerprint density at radius 1 is 1.04 bits per heavy atom. The number of hydrogen-bond acceptors (Lipinski definition) is 2. The summed E-state index contributed by atoms with van der Waals surface area (Å²) in [6.45, 7) is 4.12. The van der Waals surface area contributed by atoms with Crippen molar-refractivity contribution < 1.29 is 9.53 Å². The van der Waals surface area contributed by atoms with Crippen LogP contribution in [-0.4, -0.2) is 11.5 Å². The SMILES string of the molecule is Cc1ccc(C(=O)NC2CC3(CCCCC3)Oc3ccccc32)cc1C. The summed E-state index contributed by atoms with van der Waals surface area (Å²) in [6, 6.07) is 14.1. The second-order valence-corrected chi connectivity index (χ2v) is 7.91. The molecule has 3 nitrogen and oxygen atoms in total. The van der Waals surface area contributed by atoms with E-state index in [9.17, 15) is 4.79 Å². The van der Waals surface area contributed by atoms with Crippen molar-refractivity contribution in [1.29, 1.82) is 0 Å². The van der Waals surface area contributed by atoms with E-state index in [-0.39, 0.29) is 17.6 Å². The maximum absolute atomic E-state index is 12.9. The first kappa shape index (κ1) is 17.1. The zero-order valence-corrected chi connectivity index (χ0v) is 15.7. The third-order valence-corrected chi connectivity index (χ3v) is 6.04. The molecule has 3 heteroatoms. The summed E-state index contributed by atoms with van der Waals surface area (Å²) >= 11 is 0. The predicted molar refractivity (Wildman–Crippen MR) is 104 cm³/mol. The van der Waals surface area contributed by atoms with Crippen molar-refractivity contribution >= 4 is 5.91 Å². The number of benzene rings is 2. The molecule has 2 aromatic rings. The van der Waals surface area contributed by atoms with Gasteiger partial charge in [0.25, 0.3) is 5.91 Å². The lowest BCUT2D eigenvalue weighted by molar-refractivity contribution is -0.00209. The van der Waals surface area contributed by atoms with Gasteiger partial charge in [0.15, 0.2) is 0 Å². The summed E-state index contributed by atoms with van der Waals surface area (Å²) in [5.74, 6) is 0.937. The van der Waals surface area contributed by atoms with Crippen LogP contribution < -0.4 is 10.1 Å². The molecule has 2 aliphatic rings. The molecule has 1 heterocycles. The van der Waals surface area contributed by atoms with Crippen molar-refractivity contribution in [2.75, 3.05) is 0 Å². The lowest BCUT2D eigenvalue weighted by atomic mass is 9.77. The molecule has 1 unspecified atom stereocenters. The van der Waals surface area contributed by atoms with Gasteiger partial charge in [-0.1, -0.05) is 30.7 Å². The molecule has 1 N–H and O–H groups in total. The van der Waals surface area contributed by atoms with Gasteiger partial charge in [-0.25, -0.2) is 0 Å². The second kappa shape index (κ2) is 6.79. The summed E-state index contributed by atoms with van der Waals surface area (Å²) < 4.78 is 6.46. The van der Waals surface area contributed by atoms with Crippen LogP contribution in [0.2, 0.25) is 0 Å². The van der Waals surface area contributed by atoms with E-state index in [4.69, 9.17) is 4.74 Å². The number of amides is 1. The summed E-state index contributed by atoms with van der Waals surface area (Å²) in [5.41, 5.74) is 4.07. The number of carbonyl (C=O) groups is 1. The minimum atomic E-state index is -0.117. The molecule has 4 rings (SSSR count). The van der Waals surface area contributed by atoms with Crippen LogP contribution in [0.25, 0.3) is 0 Å². The Bertz CT molecular complexity index is 821. The van der Waals surface area contributed by atoms with Crippen LogP contribution in [0, 0.1) is 13.8 Å². The van der Waals surface area contributed by atoms with Gasteiger partial charge in [-0.05, 0) is 68.9 Å². The quantitative estimate of drug-likeness (QED) is 0.803. The molecule has 2 aromatic carbocycles. The molecule has 1 atom stereocenters. The van der Waals surface area contributed by atoms with E-state index in [0.717, 1.165) is 41.7 Å². The predicted octanol–water partition coefficient (Wildman–Crippen LogP) is 5.26. The van der Waals surface area contributed by atoms with Crippen LogP contribution in [0.1, 0.15) is 71.6 Å². The number of fused-ring (bicyclic) bond motifs is 1. The van der Waals surface area contributed by atoms with Gasteiger partial charge >= 0.3 is 0 Å². The molecule has 1 amide bonds. The Kier molecular flexibility index (Phi) is 4.47. The van der Waals surface area contributed by atoms with Gasteiger partial charge in [-0.2, -0.15) is 0 Å². The van der Waals surface area contributed by atoms with Gasteiger partial charge in [0.05, 0.1) is 6.04 Å². The van der Waals surface area contributed by atoms with E-state index in [1.54, 1.807) is 0 Å². The number of carbonyl (C=O) groups excluding carboxylic acids is 1. The van der Waals surface area contributed by atoms with Crippen LogP contribution in [-0.2, 0) is 0 Å². The van der Waals surface area contributed by atoms with Gasteiger partial charge in [-0.3, -0.25) is 4.79 Å². The zero-order valence-electron chi connectivity index (χ0n) is 15.7. The monoisotopic (exact) mass is 349 g/mol. The maximum atomic E-state index is 12.9. The normalized spacial score (nSPS) is 20.9. The molecule has 136 valence electrons. The molecule has 1 aliphatic carbocycles.